The van der Waals surface area contributed by atoms with E-state index in [0.29, 0.717) is 5.57 Å². The minimum atomic E-state index is 0.150. The molecule has 0 aliphatic heterocycles. The van der Waals surface area contributed by atoms with Crippen molar-refractivity contribution < 1.29 is 0 Å². The summed E-state index contributed by atoms with van der Waals surface area (Å²) in [5.41, 5.74) is 4.04. The van der Waals surface area contributed by atoms with Crippen LogP contribution in [0.3, 0.4) is 0 Å². The molecule has 0 atom stereocenters. The maximum absolute atomic E-state index is 8.79. The summed E-state index contributed by atoms with van der Waals surface area (Å²) < 4.78 is 0. The number of nitriles is 1. The molecule has 1 nitrogen and oxygen atoms in total. The van der Waals surface area contributed by atoms with Crippen LogP contribution in [0.5, 0.6) is 0 Å². The summed E-state index contributed by atoms with van der Waals surface area (Å²) in [5, 5.41) is 8.79. The standard InChI is InChI=1S/C14H17N/c1-10-8-12(14(3,4)5)6-7-13(10)11(2)9-15/h6-8H,2H2,1,3-5H3. The van der Waals surface area contributed by atoms with E-state index < -0.39 is 0 Å². The molecule has 0 radical (unpaired) electrons. The van der Waals surface area contributed by atoms with E-state index in [1.807, 2.05) is 13.0 Å². The number of allylic oxidation sites excluding steroid dienone is 1. The Balaban J connectivity index is 3.22. The summed E-state index contributed by atoms with van der Waals surface area (Å²) in [6, 6.07) is 8.28. The third kappa shape index (κ3) is 2.47. The fourth-order valence-electron chi connectivity index (χ4n) is 1.53. The third-order valence-electron chi connectivity index (χ3n) is 2.55. The molecule has 0 spiro atoms. The lowest BCUT2D eigenvalue weighted by molar-refractivity contribution is 0.589. The molecular weight excluding hydrogens is 182 g/mol. The summed E-state index contributed by atoms with van der Waals surface area (Å²) in [7, 11) is 0. The average Bonchev–Trinajstić information content (AvgIpc) is 2.15. The minimum Gasteiger partial charge on any atom is -0.192 e. The third-order valence-corrected chi connectivity index (χ3v) is 2.55. The molecule has 0 unspecified atom stereocenters. The maximum Gasteiger partial charge on any atom is 0.0991 e. The van der Waals surface area contributed by atoms with Crippen LogP contribution in [-0.2, 0) is 5.41 Å². The van der Waals surface area contributed by atoms with Gasteiger partial charge in [-0.25, -0.2) is 0 Å². The van der Waals surface area contributed by atoms with Crippen LogP contribution >= 0.6 is 0 Å². The molecule has 0 saturated heterocycles. The second-order valence-corrected chi connectivity index (χ2v) is 4.87. The van der Waals surface area contributed by atoms with Gasteiger partial charge in [0.25, 0.3) is 0 Å². The van der Waals surface area contributed by atoms with Crippen LogP contribution in [0.2, 0.25) is 0 Å². The quantitative estimate of drug-likeness (QED) is 0.630. The van der Waals surface area contributed by atoms with E-state index in [4.69, 9.17) is 5.26 Å². The highest BCUT2D eigenvalue weighted by molar-refractivity contribution is 5.76. The zero-order valence-electron chi connectivity index (χ0n) is 9.89. The molecular formula is C14H17N. The fraction of sp³-hybridized carbons (Fsp3) is 0.357. The van der Waals surface area contributed by atoms with Crippen LogP contribution in [-0.4, -0.2) is 0 Å². The Morgan fingerprint density at radius 3 is 2.33 bits per heavy atom. The van der Waals surface area contributed by atoms with Gasteiger partial charge in [0, 0.05) is 0 Å². The molecule has 0 heterocycles. The van der Waals surface area contributed by atoms with Crippen molar-refractivity contribution in [2.45, 2.75) is 33.1 Å². The highest BCUT2D eigenvalue weighted by Crippen LogP contribution is 2.26. The van der Waals surface area contributed by atoms with Gasteiger partial charge in [-0.15, -0.1) is 0 Å². The summed E-state index contributed by atoms with van der Waals surface area (Å²) in [6.07, 6.45) is 0. The predicted molar refractivity (Wildman–Crippen MR) is 64.5 cm³/mol. The summed E-state index contributed by atoms with van der Waals surface area (Å²) in [4.78, 5) is 0. The van der Waals surface area contributed by atoms with Crippen LogP contribution in [0, 0.1) is 18.3 Å². The molecule has 0 aliphatic carbocycles. The summed E-state index contributed by atoms with van der Waals surface area (Å²) in [5.74, 6) is 0. The number of hydrogen-bond donors (Lipinski definition) is 0. The number of rotatable bonds is 1. The molecule has 1 aromatic carbocycles. The van der Waals surface area contributed by atoms with Gasteiger partial charge >= 0.3 is 0 Å². The van der Waals surface area contributed by atoms with E-state index in [2.05, 4.69) is 45.6 Å². The van der Waals surface area contributed by atoms with Gasteiger partial charge in [-0.2, -0.15) is 5.26 Å². The van der Waals surface area contributed by atoms with Crippen molar-refractivity contribution in [2.75, 3.05) is 0 Å². The van der Waals surface area contributed by atoms with E-state index in [1.54, 1.807) is 0 Å². The van der Waals surface area contributed by atoms with Gasteiger partial charge in [0.2, 0.25) is 0 Å². The second-order valence-electron chi connectivity index (χ2n) is 4.87. The molecule has 0 saturated carbocycles. The molecule has 0 N–H and O–H groups in total. The Kier molecular flexibility index (Phi) is 3.00. The van der Waals surface area contributed by atoms with Gasteiger partial charge in [0.15, 0.2) is 0 Å². The first-order chi connectivity index (χ1) is 6.86. The monoisotopic (exact) mass is 199 g/mol. The van der Waals surface area contributed by atoms with Crippen molar-refractivity contribution in [2.24, 2.45) is 0 Å². The Labute approximate surface area is 92.1 Å². The lowest BCUT2D eigenvalue weighted by atomic mass is 9.85. The highest BCUT2D eigenvalue weighted by Gasteiger charge is 2.14. The molecule has 0 bridgehead atoms. The topological polar surface area (TPSA) is 23.8 Å². The molecule has 0 amide bonds. The van der Waals surface area contributed by atoms with Crippen LogP contribution in [0.4, 0.5) is 0 Å². The summed E-state index contributed by atoms with van der Waals surface area (Å²) in [6.45, 7) is 12.3. The van der Waals surface area contributed by atoms with E-state index in [9.17, 15) is 0 Å². The Hall–Kier alpha value is -1.55. The molecule has 1 heteroatoms. The van der Waals surface area contributed by atoms with Crippen molar-refractivity contribution in [3.05, 3.63) is 41.5 Å². The molecule has 0 aromatic heterocycles. The summed E-state index contributed by atoms with van der Waals surface area (Å²) >= 11 is 0. The lowest BCUT2D eigenvalue weighted by Crippen LogP contribution is -2.11. The molecule has 0 fully saturated rings. The Bertz CT molecular complexity index is 428. The first-order valence-corrected chi connectivity index (χ1v) is 5.07. The van der Waals surface area contributed by atoms with Crippen molar-refractivity contribution in [3.63, 3.8) is 0 Å². The van der Waals surface area contributed by atoms with Gasteiger partial charge in [0.1, 0.15) is 0 Å². The SMILES string of the molecule is C=C(C#N)c1ccc(C(C)(C)C)cc1C. The zero-order chi connectivity index (χ0) is 11.6. The second kappa shape index (κ2) is 3.90. The van der Waals surface area contributed by atoms with E-state index in [1.165, 1.54) is 5.56 Å². The van der Waals surface area contributed by atoms with Gasteiger partial charge in [-0.05, 0) is 29.0 Å². The smallest absolute Gasteiger partial charge is 0.0991 e. The minimum absolute atomic E-state index is 0.150. The largest absolute Gasteiger partial charge is 0.192 e. The van der Waals surface area contributed by atoms with Crippen LogP contribution in [0.1, 0.15) is 37.5 Å². The van der Waals surface area contributed by atoms with Crippen LogP contribution < -0.4 is 0 Å². The van der Waals surface area contributed by atoms with E-state index in [0.717, 1.165) is 11.1 Å². The fourth-order valence-corrected chi connectivity index (χ4v) is 1.53. The number of benzene rings is 1. The number of aryl methyl sites for hydroxylation is 1. The van der Waals surface area contributed by atoms with Crippen molar-refractivity contribution in [3.8, 4) is 6.07 Å². The highest BCUT2D eigenvalue weighted by atomic mass is 14.3. The van der Waals surface area contributed by atoms with Crippen molar-refractivity contribution in [1.82, 2.24) is 0 Å². The maximum atomic E-state index is 8.79. The van der Waals surface area contributed by atoms with Gasteiger partial charge < -0.3 is 0 Å². The normalized spacial score (nSPS) is 10.9. The molecule has 15 heavy (non-hydrogen) atoms. The lowest BCUT2D eigenvalue weighted by Gasteiger charge is -2.20. The molecule has 78 valence electrons. The molecule has 1 aromatic rings. The van der Waals surface area contributed by atoms with Gasteiger partial charge in [-0.1, -0.05) is 45.5 Å². The average molecular weight is 199 g/mol. The molecule has 1 rings (SSSR count). The first kappa shape index (κ1) is 11.5. The predicted octanol–water partition coefficient (Wildman–Crippen LogP) is 3.83. The van der Waals surface area contributed by atoms with Crippen LogP contribution in [0.15, 0.2) is 24.8 Å². The Morgan fingerprint density at radius 1 is 1.33 bits per heavy atom. The van der Waals surface area contributed by atoms with E-state index >= 15 is 0 Å². The first-order valence-electron chi connectivity index (χ1n) is 5.07. The number of nitrogens with zero attached hydrogens (tertiary/aromatic N) is 1. The van der Waals surface area contributed by atoms with E-state index in [-0.39, 0.29) is 5.41 Å². The van der Waals surface area contributed by atoms with Gasteiger partial charge in [0.05, 0.1) is 11.6 Å². The Morgan fingerprint density at radius 2 is 1.93 bits per heavy atom. The number of hydrogen-bond acceptors (Lipinski definition) is 1. The zero-order valence-corrected chi connectivity index (χ0v) is 9.89. The van der Waals surface area contributed by atoms with Crippen molar-refractivity contribution >= 4 is 5.57 Å². The van der Waals surface area contributed by atoms with Crippen LogP contribution in [0.25, 0.3) is 5.57 Å². The van der Waals surface area contributed by atoms with Gasteiger partial charge in [-0.3, -0.25) is 0 Å². The van der Waals surface area contributed by atoms with Crippen molar-refractivity contribution in [1.29, 1.82) is 5.26 Å². The molecule has 0 aliphatic rings.